The van der Waals surface area contributed by atoms with Crippen molar-refractivity contribution >= 4 is 5.69 Å². The number of benzene rings is 1. The molecule has 2 nitrogen and oxygen atoms in total. The van der Waals surface area contributed by atoms with Gasteiger partial charge in [0.2, 0.25) is 0 Å². The summed E-state index contributed by atoms with van der Waals surface area (Å²) in [5.74, 6) is 1.73. The number of nitrogens with zero attached hydrogens (tertiary/aromatic N) is 1. The smallest absolute Gasteiger partial charge is 0.0411 e. The van der Waals surface area contributed by atoms with Gasteiger partial charge in [0.15, 0.2) is 0 Å². The zero-order valence-electron chi connectivity index (χ0n) is 13.4. The molecule has 1 unspecified atom stereocenters. The van der Waals surface area contributed by atoms with Gasteiger partial charge >= 0.3 is 0 Å². The Bertz CT molecular complexity index is 400. The van der Waals surface area contributed by atoms with Gasteiger partial charge in [0, 0.05) is 25.3 Å². The molecule has 1 saturated heterocycles. The zero-order valence-corrected chi connectivity index (χ0v) is 13.4. The van der Waals surface area contributed by atoms with Gasteiger partial charge in [-0.25, -0.2) is 0 Å². The Kier molecular flexibility index (Phi) is 5.90. The van der Waals surface area contributed by atoms with E-state index in [4.69, 9.17) is 0 Å². The maximum Gasteiger partial charge on any atom is 0.0411 e. The quantitative estimate of drug-likeness (QED) is 0.871. The Morgan fingerprint density at radius 3 is 2.75 bits per heavy atom. The molecule has 1 N–H and O–H groups in total. The monoisotopic (exact) mass is 274 g/mol. The van der Waals surface area contributed by atoms with Crippen LogP contribution in [0.3, 0.4) is 0 Å². The summed E-state index contributed by atoms with van der Waals surface area (Å²) in [6.07, 6.45) is 4.06. The molecule has 1 atom stereocenters. The predicted octanol–water partition coefficient (Wildman–Crippen LogP) is 4.06. The summed E-state index contributed by atoms with van der Waals surface area (Å²) in [7, 11) is 0. The van der Waals surface area contributed by atoms with E-state index in [1.54, 1.807) is 0 Å². The zero-order chi connectivity index (χ0) is 14.4. The number of nitrogens with one attached hydrogen (secondary N) is 1. The highest BCUT2D eigenvalue weighted by atomic mass is 15.1. The molecule has 1 aliphatic heterocycles. The lowest BCUT2D eigenvalue weighted by Crippen LogP contribution is -2.26. The number of rotatable bonds is 5. The lowest BCUT2D eigenvalue weighted by molar-refractivity contribution is 0.351. The van der Waals surface area contributed by atoms with Crippen molar-refractivity contribution in [1.82, 2.24) is 5.32 Å². The minimum absolute atomic E-state index is 0.826. The standard InChI is InChI=1S/C18H30N2/c1-4-19-14-17-8-5-6-10-18(17)20-12-7-9-16(11-13-20)15(2)3/h5-6,8,10,15-16,19H,4,7,9,11-14H2,1-3H3. The SMILES string of the molecule is CCNCc1ccccc1N1CCCC(C(C)C)CC1. The molecule has 2 rings (SSSR count). The molecule has 0 aliphatic carbocycles. The van der Waals surface area contributed by atoms with E-state index in [0.29, 0.717) is 0 Å². The lowest BCUT2D eigenvalue weighted by Gasteiger charge is -2.26. The van der Waals surface area contributed by atoms with Gasteiger partial charge in [-0.15, -0.1) is 0 Å². The maximum atomic E-state index is 3.46. The van der Waals surface area contributed by atoms with Gasteiger partial charge in [0.1, 0.15) is 0 Å². The minimum atomic E-state index is 0.826. The lowest BCUT2D eigenvalue weighted by atomic mass is 9.89. The van der Waals surface area contributed by atoms with Crippen LogP contribution in [0, 0.1) is 11.8 Å². The molecular weight excluding hydrogens is 244 g/mol. The fourth-order valence-corrected chi connectivity index (χ4v) is 3.26. The molecule has 1 aromatic rings. The van der Waals surface area contributed by atoms with Crippen molar-refractivity contribution in [2.75, 3.05) is 24.5 Å². The molecule has 1 aliphatic rings. The van der Waals surface area contributed by atoms with Crippen LogP contribution in [-0.2, 0) is 6.54 Å². The fourth-order valence-electron chi connectivity index (χ4n) is 3.26. The van der Waals surface area contributed by atoms with Gasteiger partial charge in [0.05, 0.1) is 0 Å². The second kappa shape index (κ2) is 7.68. The third kappa shape index (κ3) is 3.99. The first-order valence-corrected chi connectivity index (χ1v) is 8.26. The Morgan fingerprint density at radius 1 is 1.20 bits per heavy atom. The summed E-state index contributed by atoms with van der Waals surface area (Å²) in [5.41, 5.74) is 2.88. The van der Waals surface area contributed by atoms with Gasteiger partial charge in [-0.1, -0.05) is 39.0 Å². The van der Waals surface area contributed by atoms with Crippen molar-refractivity contribution < 1.29 is 0 Å². The van der Waals surface area contributed by atoms with Crippen LogP contribution in [0.5, 0.6) is 0 Å². The van der Waals surface area contributed by atoms with Gasteiger partial charge in [-0.2, -0.15) is 0 Å². The normalized spacial score (nSPS) is 20.2. The van der Waals surface area contributed by atoms with Crippen molar-refractivity contribution in [3.05, 3.63) is 29.8 Å². The largest absolute Gasteiger partial charge is 0.371 e. The third-order valence-corrected chi connectivity index (χ3v) is 4.61. The van der Waals surface area contributed by atoms with Gasteiger partial charge in [-0.3, -0.25) is 0 Å². The van der Waals surface area contributed by atoms with E-state index in [1.807, 2.05) is 0 Å². The van der Waals surface area contributed by atoms with E-state index in [2.05, 4.69) is 55.3 Å². The van der Waals surface area contributed by atoms with Crippen LogP contribution in [0.25, 0.3) is 0 Å². The van der Waals surface area contributed by atoms with Crippen LogP contribution >= 0.6 is 0 Å². The Labute approximate surface area is 124 Å². The molecule has 112 valence electrons. The van der Waals surface area contributed by atoms with Crippen molar-refractivity contribution in [3.63, 3.8) is 0 Å². The molecule has 0 amide bonds. The summed E-state index contributed by atoms with van der Waals surface area (Å²) < 4.78 is 0. The van der Waals surface area contributed by atoms with Crippen molar-refractivity contribution in [2.24, 2.45) is 11.8 Å². The summed E-state index contributed by atoms with van der Waals surface area (Å²) >= 11 is 0. The molecule has 0 aromatic heterocycles. The van der Waals surface area contributed by atoms with Crippen molar-refractivity contribution in [2.45, 2.75) is 46.6 Å². The highest BCUT2D eigenvalue weighted by Crippen LogP contribution is 2.28. The van der Waals surface area contributed by atoms with E-state index < -0.39 is 0 Å². The van der Waals surface area contributed by atoms with Crippen LogP contribution in [0.1, 0.15) is 45.6 Å². The predicted molar refractivity (Wildman–Crippen MR) is 88.2 cm³/mol. The average molecular weight is 274 g/mol. The summed E-state index contributed by atoms with van der Waals surface area (Å²) in [4.78, 5) is 2.61. The number of para-hydroxylation sites is 1. The highest BCUT2D eigenvalue weighted by Gasteiger charge is 2.20. The highest BCUT2D eigenvalue weighted by molar-refractivity contribution is 5.53. The van der Waals surface area contributed by atoms with Crippen LogP contribution in [0.15, 0.2) is 24.3 Å². The number of anilines is 1. The van der Waals surface area contributed by atoms with Gasteiger partial charge in [0.25, 0.3) is 0 Å². The van der Waals surface area contributed by atoms with Gasteiger partial charge in [-0.05, 0) is 49.3 Å². The molecule has 2 heteroatoms. The third-order valence-electron chi connectivity index (χ3n) is 4.61. The van der Waals surface area contributed by atoms with Crippen LogP contribution in [0.4, 0.5) is 5.69 Å². The maximum absolute atomic E-state index is 3.46. The first-order valence-electron chi connectivity index (χ1n) is 8.26. The van der Waals surface area contributed by atoms with Crippen LogP contribution in [0.2, 0.25) is 0 Å². The van der Waals surface area contributed by atoms with E-state index in [9.17, 15) is 0 Å². The van der Waals surface area contributed by atoms with Crippen LogP contribution in [-0.4, -0.2) is 19.6 Å². The fraction of sp³-hybridized carbons (Fsp3) is 0.667. The molecule has 1 aromatic carbocycles. The molecule has 0 bridgehead atoms. The molecule has 0 saturated carbocycles. The Balaban J connectivity index is 2.07. The second-order valence-electron chi connectivity index (χ2n) is 6.33. The van der Waals surface area contributed by atoms with E-state index in [0.717, 1.165) is 24.9 Å². The second-order valence-corrected chi connectivity index (χ2v) is 6.33. The van der Waals surface area contributed by atoms with Crippen LogP contribution < -0.4 is 10.2 Å². The minimum Gasteiger partial charge on any atom is -0.371 e. The molecule has 1 fully saturated rings. The number of hydrogen-bond donors (Lipinski definition) is 1. The van der Waals surface area contributed by atoms with Crippen molar-refractivity contribution in [3.8, 4) is 0 Å². The van der Waals surface area contributed by atoms with E-state index >= 15 is 0 Å². The first kappa shape index (κ1) is 15.4. The molecule has 0 radical (unpaired) electrons. The summed E-state index contributed by atoms with van der Waals surface area (Å²) in [6.45, 7) is 11.4. The van der Waals surface area contributed by atoms with Gasteiger partial charge < -0.3 is 10.2 Å². The average Bonchev–Trinajstić information content (AvgIpc) is 2.71. The molecule has 20 heavy (non-hydrogen) atoms. The van der Waals surface area contributed by atoms with E-state index in [-0.39, 0.29) is 0 Å². The Morgan fingerprint density at radius 2 is 2.00 bits per heavy atom. The summed E-state index contributed by atoms with van der Waals surface area (Å²) in [5, 5.41) is 3.46. The Hall–Kier alpha value is -1.02. The molecular formula is C18H30N2. The topological polar surface area (TPSA) is 15.3 Å². The summed E-state index contributed by atoms with van der Waals surface area (Å²) in [6, 6.07) is 8.89. The first-order chi connectivity index (χ1) is 9.72. The number of hydrogen-bond acceptors (Lipinski definition) is 2. The van der Waals surface area contributed by atoms with E-state index in [1.165, 1.54) is 43.6 Å². The molecule has 0 spiro atoms. The molecule has 1 heterocycles. The van der Waals surface area contributed by atoms with Crippen molar-refractivity contribution in [1.29, 1.82) is 0 Å².